The summed E-state index contributed by atoms with van der Waals surface area (Å²) in [5.41, 5.74) is 3.00. The van der Waals surface area contributed by atoms with Crippen LogP contribution in [0.25, 0.3) is 0 Å². The first kappa shape index (κ1) is 16.4. The highest BCUT2D eigenvalue weighted by Crippen LogP contribution is 2.29. The van der Waals surface area contributed by atoms with Gasteiger partial charge in [-0.1, -0.05) is 25.1 Å². The zero-order valence-corrected chi connectivity index (χ0v) is 13.9. The first-order chi connectivity index (χ1) is 10.5. The number of ether oxygens (including phenoxy) is 2. The van der Waals surface area contributed by atoms with E-state index in [0.717, 1.165) is 40.6 Å². The van der Waals surface area contributed by atoms with Crippen LogP contribution in [0.3, 0.4) is 0 Å². The fraction of sp³-hybridized carbons (Fsp3) is 0.471. The lowest BCUT2D eigenvalue weighted by atomic mass is 10.2. The van der Waals surface area contributed by atoms with Crippen molar-refractivity contribution >= 4 is 0 Å². The SMILES string of the molecule is COc1cc(CNC(C)C)ccc1OCc1c(C)noc1C. The van der Waals surface area contributed by atoms with E-state index in [-0.39, 0.29) is 0 Å². The number of nitrogens with one attached hydrogen (secondary N) is 1. The van der Waals surface area contributed by atoms with Crippen LogP contribution in [0.4, 0.5) is 0 Å². The lowest BCUT2D eigenvalue weighted by Gasteiger charge is -2.13. The van der Waals surface area contributed by atoms with E-state index < -0.39 is 0 Å². The van der Waals surface area contributed by atoms with Gasteiger partial charge in [-0.15, -0.1) is 0 Å². The van der Waals surface area contributed by atoms with Crippen LogP contribution in [0.1, 0.15) is 36.4 Å². The molecule has 0 fully saturated rings. The summed E-state index contributed by atoms with van der Waals surface area (Å²) in [5.74, 6) is 2.24. The molecule has 120 valence electrons. The maximum atomic E-state index is 5.87. The normalized spacial score (nSPS) is 11.0. The van der Waals surface area contributed by atoms with Gasteiger partial charge in [-0.05, 0) is 31.5 Å². The fourth-order valence-electron chi connectivity index (χ4n) is 2.12. The van der Waals surface area contributed by atoms with Gasteiger partial charge in [-0.25, -0.2) is 0 Å². The average molecular weight is 304 g/mol. The zero-order valence-electron chi connectivity index (χ0n) is 13.9. The number of nitrogens with zero attached hydrogens (tertiary/aromatic N) is 1. The van der Waals surface area contributed by atoms with Crippen LogP contribution in [0.15, 0.2) is 22.7 Å². The van der Waals surface area contributed by atoms with E-state index in [1.165, 1.54) is 0 Å². The van der Waals surface area contributed by atoms with Crippen molar-refractivity contribution in [3.05, 3.63) is 40.8 Å². The maximum absolute atomic E-state index is 5.87. The summed E-state index contributed by atoms with van der Waals surface area (Å²) in [5, 5.41) is 7.32. The predicted molar refractivity (Wildman–Crippen MR) is 85.3 cm³/mol. The molecule has 0 saturated heterocycles. The Bertz CT molecular complexity index is 601. The van der Waals surface area contributed by atoms with Crippen LogP contribution < -0.4 is 14.8 Å². The van der Waals surface area contributed by atoms with Crippen LogP contribution in [0.2, 0.25) is 0 Å². The van der Waals surface area contributed by atoms with Crippen molar-refractivity contribution in [2.24, 2.45) is 0 Å². The second kappa shape index (κ2) is 7.31. The Hall–Kier alpha value is -2.01. The summed E-state index contributed by atoms with van der Waals surface area (Å²) >= 11 is 0. The fourth-order valence-corrected chi connectivity index (χ4v) is 2.12. The monoisotopic (exact) mass is 304 g/mol. The summed E-state index contributed by atoms with van der Waals surface area (Å²) < 4.78 is 16.4. The van der Waals surface area contributed by atoms with Crippen LogP contribution >= 0.6 is 0 Å². The van der Waals surface area contributed by atoms with E-state index in [9.17, 15) is 0 Å². The van der Waals surface area contributed by atoms with E-state index in [1.807, 2.05) is 32.0 Å². The van der Waals surface area contributed by atoms with Crippen molar-refractivity contribution in [2.75, 3.05) is 7.11 Å². The summed E-state index contributed by atoms with van der Waals surface area (Å²) in [6, 6.07) is 6.42. The van der Waals surface area contributed by atoms with Gasteiger partial charge >= 0.3 is 0 Å². The molecule has 0 aliphatic heterocycles. The van der Waals surface area contributed by atoms with Gasteiger partial charge in [0.2, 0.25) is 0 Å². The molecular weight excluding hydrogens is 280 g/mol. The van der Waals surface area contributed by atoms with Crippen molar-refractivity contribution in [1.82, 2.24) is 10.5 Å². The minimum atomic E-state index is 0.418. The molecule has 0 saturated carbocycles. The van der Waals surface area contributed by atoms with Gasteiger partial charge in [-0.3, -0.25) is 0 Å². The summed E-state index contributed by atoms with van der Waals surface area (Å²) in [6.07, 6.45) is 0. The molecule has 2 rings (SSSR count). The lowest BCUT2D eigenvalue weighted by molar-refractivity contribution is 0.281. The number of aromatic nitrogens is 1. The Morgan fingerprint density at radius 1 is 1.23 bits per heavy atom. The molecule has 5 heteroatoms. The van der Waals surface area contributed by atoms with Crippen molar-refractivity contribution in [1.29, 1.82) is 0 Å². The van der Waals surface area contributed by atoms with Gasteiger partial charge in [0.1, 0.15) is 12.4 Å². The molecule has 0 atom stereocenters. The van der Waals surface area contributed by atoms with Crippen molar-refractivity contribution in [3.63, 3.8) is 0 Å². The number of benzene rings is 1. The number of rotatable bonds is 7. The van der Waals surface area contributed by atoms with Gasteiger partial charge in [0.25, 0.3) is 0 Å². The maximum Gasteiger partial charge on any atom is 0.161 e. The molecule has 0 spiro atoms. The quantitative estimate of drug-likeness (QED) is 0.850. The Balaban J connectivity index is 2.07. The summed E-state index contributed by atoms with van der Waals surface area (Å²) in [6.45, 7) is 9.26. The smallest absolute Gasteiger partial charge is 0.161 e. The van der Waals surface area contributed by atoms with Crippen molar-refractivity contribution in [2.45, 2.75) is 46.9 Å². The molecule has 22 heavy (non-hydrogen) atoms. The van der Waals surface area contributed by atoms with Gasteiger partial charge < -0.3 is 19.3 Å². The number of hydrogen-bond acceptors (Lipinski definition) is 5. The number of methoxy groups -OCH3 is 1. The molecule has 1 aromatic carbocycles. The molecule has 0 aliphatic rings. The Kier molecular flexibility index (Phi) is 5.44. The van der Waals surface area contributed by atoms with E-state index in [2.05, 4.69) is 24.3 Å². The highest BCUT2D eigenvalue weighted by atomic mass is 16.5. The van der Waals surface area contributed by atoms with E-state index >= 15 is 0 Å². The summed E-state index contributed by atoms with van der Waals surface area (Å²) in [7, 11) is 1.65. The lowest BCUT2D eigenvalue weighted by Crippen LogP contribution is -2.21. The molecule has 2 aromatic rings. The average Bonchev–Trinajstić information content (AvgIpc) is 2.82. The second-order valence-electron chi connectivity index (χ2n) is 5.61. The third-order valence-corrected chi connectivity index (χ3v) is 3.50. The van der Waals surface area contributed by atoms with Gasteiger partial charge in [0, 0.05) is 12.6 Å². The molecule has 0 aliphatic carbocycles. The van der Waals surface area contributed by atoms with Crippen LogP contribution in [0, 0.1) is 13.8 Å². The molecule has 1 heterocycles. The van der Waals surface area contributed by atoms with Crippen LogP contribution in [-0.2, 0) is 13.2 Å². The third kappa shape index (κ3) is 4.01. The summed E-state index contributed by atoms with van der Waals surface area (Å²) in [4.78, 5) is 0. The Morgan fingerprint density at radius 3 is 2.59 bits per heavy atom. The van der Waals surface area contributed by atoms with Gasteiger partial charge in [0.05, 0.1) is 18.4 Å². The molecule has 1 N–H and O–H groups in total. The predicted octanol–water partition coefficient (Wildman–Crippen LogP) is 3.38. The number of hydrogen-bond donors (Lipinski definition) is 1. The topological polar surface area (TPSA) is 56.5 Å². The molecule has 0 unspecified atom stereocenters. The van der Waals surface area contributed by atoms with E-state index in [4.69, 9.17) is 14.0 Å². The minimum absolute atomic E-state index is 0.418. The van der Waals surface area contributed by atoms with E-state index in [1.54, 1.807) is 7.11 Å². The largest absolute Gasteiger partial charge is 0.493 e. The highest BCUT2D eigenvalue weighted by Gasteiger charge is 2.12. The Morgan fingerprint density at radius 2 is 2.00 bits per heavy atom. The molecule has 0 radical (unpaired) electrons. The third-order valence-electron chi connectivity index (χ3n) is 3.50. The minimum Gasteiger partial charge on any atom is -0.493 e. The van der Waals surface area contributed by atoms with Gasteiger partial charge in [0.15, 0.2) is 11.5 Å². The molecule has 0 amide bonds. The van der Waals surface area contributed by atoms with Gasteiger partial charge in [-0.2, -0.15) is 0 Å². The highest BCUT2D eigenvalue weighted by molar-refractivity contribution is 5.43. The Labute approximate surface area is 131 Å². The van der Waals surface area contributed by atoms with Crippen LogP contribution in [0.5, 0.6) is 11.5 Å². The zero-order chi connectivity index (χ0) is 16.1. The molecule has 1 aromatic heterocycles. The second-order valence-corrected chi connectivity index (χ2v) is 5.61. The van der Waals surface area contributed by atoms with Crippen molar-refractivity contribution in [3.8, 4) is 11.5 Å². The number of aryl methyl sites for hydroxylation is 2. The first-order valence-electron chi connectivity index (χ1n) is 7.46. The molecule has 0 bridgehead atoms. The van der Waals surface area contributed by atoms with Crippen LogP contribution in [-0.4, -0.2) is 18.3 Å². The van der Waals surface area contributed by atoms with Crippen molar-refractivity contribution < 1.29 is 14.0 Å². The standard InChI is InChI=1S/C17H24N2O3/c1-11(2)18-9-14-6-7-16(17(8-14)20-5)21-10-15-12(3)19-22-13(15)4/h6-8,11,18H,9-10H2,1-5H3. The molecule has 5 nitrogen and oxygen atoms in total. The molecular formula is C17H24N2O3. The van der Waals surface area contributed by atoms with E-state index in [0.29, 0.717) is 12.6 Å². The first-order valence-corrected chi connectivity index (χ1v) is 7.46.